The highest BCUT2D eigenvalue weighted by atomic mass is 79.9. The lowest BCUT2D eigenvalue weighted by molar-refractivity contribution is 0.138. The summed E-state index contributed by atoms with van der Waals surface area (Å²) in [6.45, 7) is 0.711. The highest BCUT2D eigenvalue weighted by molar-refractivity contribution is 9.10. The van der Waals surface area contributed by atoms with Gasteiger partial charge in [0.15, 0.2) is 0 Å². The Morgan fingerprint density at radius 2 is 2.19 bits per heavy atom. The number of hydrogen-bond donors (Lipinski definition) is 2. The molecule has 88 valence electrons. The smallest absolute Gasteiger partial charge is 0.407 e. The van der Waals surface area contributed by atoms with E-state index in [0.29, 0.717) is 13.0 Å². The second kappa shape index (κ2) is 7.24. The van der Waals surface area contributed by atoms with E-state index in [2.05, 4.69) is 21.2 Å². The van der Waals surface area contributed by atoms with E-state index in [4.69, 9.17) is 9.84 Å². The fourth-order valence-electron chi connectivity index (χ4n) is 1.08. The Hall–Kier alpha value is -1.07. The van der Waals surface area contributed by atoms with Crippen LogP contribution < -0.4 is 5.32 Å². The predicted molar refractivity (Wildman–Crippen MR) is 64.0 cm³/mol. The molecule has 0 aromatic heterocycles. The number of aliphatic hydroxyl groups excluding tert-OH is 1. The van der Waals surface area contributed by atoms with Crippen molar-refractivity contribution in [3.8, 4) is 0 Å². The molecule has 0 bridgehead atoms. The average Bonchev–Trinajstić information content (AvgIpc) is 2.28. The normalized spacial score (nSPS) is 9.88. The van der Waals surface area contributed by atoms with E-state index >= 15 is 0 Å². The molecule has 0 aliphatic carbocycles. The van der Waals surface area contributed by atoms with Gasteiger partial charge in [0, 0.05) is 23.2 Å². The molecule has 0 spiro atoms. The number of rotatable bonds is 5. The molecule has 4 nitrogen and oxygen atoms in total. The lowest BCUT2D eigenvalue weighted by Gasteiger charge is -2.07. The molecule has 5 heteroatoms. The lowest BCUT2D eigenvalue weighted by Crippen LogP contribution is -2.25. The number of alkyl carbamates (subject to hydrolysis) is 1. The van der Waals surface area contributed by atoms with Gasteiger partial charge in [0.2, 0.25) is 0 Å². The van der Waals surface area contributed by atoms with Crippen molar-refractivity contribution in [2.45, 2.75) is 13.0 Å². The summed E-state index contributed by atoms with van der Waals surface area (Å²) >= 11 is 3.37. The molecule has 1 aromatic carbocycles. The third kappa shape index (κ3) is 4.63. The van der Waals surface area contributed by atoms with E-state index < -0.39 is 6.09 Å². The Bertz CT molecular complexity index is 344. The van der Waals surface area contributed by atoms with E-state index in [-0.39, 0.29) is 13.2 Å². The minimum atomic E-state index is -0.468. The first kappa shape index (κ1) is 13.0. The minimum absolute atomic E-state index is 0.0600. The van der Waals surface area contributed by atoms with Crippen LogP contribution in [0.5, 0.6) is 0 Å². The van der Waals surface area contributed by atoms with Crippen LogP contribution in [0.15, 0.2) is 28.7 Å². The molecule has 1 aromatic rings. The molecule has 0 aliphatic rings. The summed E-state index contributed by atoms with van der Waals surface area (Å²) < 4.78 is 5.91. The highest BCUT2D eigenvalue weighted by Gasteiger charge is 2.03. The molecule has 0 fully saturated rings. The van der Waals surface area contributed by atoms with Gasteiger partial charge in [-0.25, -0.2) is 4.79 Å². The average molecular weight is 288 g/mol. The molecule has 0 unspecified atom stereocenters. The van der Waals surface area contributed by atoms with Crippen LogP contribution in [0, 0.1) is 0 Å². The largest absolute Gasteiger partial charge is 0.445 e. The standard InChI is InChI=1S/C11H14BrNO3/c12-10-5-2-1-4-9(10)8-16-11(15)13-6-3-7-14/h1-2,4-5,14H,3,6-8H2,(H,13,15). The Morgan fingerprint density at radius 1 is 1.44 bits per heavy atom. The first-order valence-corrected chi connectivity index (χ1v) is 5.78. The third-order valence-electron chi connectivity index (χ3n) is 1.92. The van der Waals surface area contributed by atoms with E-state index in [1.165, 1.54) is 0 Å². The SMILES string of the molecule is O=C(NCCCO)OCc1ccccc1Br. The summed E-state index contributed by atoms with van der Waals surface area (Å²) in [5.41, 5.74) is 0.916. The van der Waals surface area contributed by atoms with Crippen molar-refractivity contribution in [1.29, 1.82) is 0 Å². The zero-order chi connectivity index (χ0) is 11.8. The molecule has 0 heterocycles. The molecule has 0 radical (unpaired) electrons. The van der Waals surface area contributed by atoms with Crippen LogP contribution in [-0.4, -0.2) is 24.4 Å². The van der Waals surface area contributed by atoms with Gasteiger partial charge in [0.25, 0.3) is 0 Å². The third-order valence-corrected chi connectivity index (χ3v) is 2.69. The molecule has 1 amide bonds. The number of benzene rings is 1. The fraction of sp³-hybridized carbons (Fsp3) is 0.364. The fourth-order valence-corrected chi connectivity index (χ4v) is 1.48. The summed E-state index contributed by atoms with van der Waals surface area (Å²) in [6.07, 6.45) is 0.0635. The van der Waals surface area contributed by atoms with Crippen molar-refractivity contribution < 1.29 is 14.6 Å². The summed E-state index contributed by atoms with van der Waals surface area (Å²) in [6, 6.07) is 7.55. The number of aliphatic hydroxyl groups is 1. The van der Waals surface area contributed by atoms with Gasteiger partial charge in [-0.15, -0.1) is 0 Å². The van der Waals surface area contributed by atoms with Crippen molar-refractivity contribution in [3.63, 3.8) is 0 Å². The zero-order valence-corrected chi connectivity index (χ0v) is 10.4. The van der Waals surface area contributed by atoms with Crippen LogP contribution in [-0.2, 0) is 11.3 Å². The first-order valence-electron chi connectivity index (χ1n) is 4.99. The summed E-state index contributed by atoms with van der Waals surface area (Å²) in [7, 11) is 0. The maximum Gasteiger partial charge on any atom is 0.407 e. The van der Waals surface area contributed by atoms with Crippen LogP contribution in [0.4, 0.5) is 4.79 Å². The molecule has 0 aliphatic heterocycles. The number of halogens is 1. The molecule has 0 atom stereocenters. The topological polar surface area (TPSA) is 58.6 Å². The van der Waals surface area contributed by atoms with E-state index in [0.717, 1.165) is 10.0 Å². The van der Waals surface area contributed by atoms with Crippen LogP contribution in [0.25, 0.3) is 0 Å². The number of nitrogens with one attached hydrogen (secondary N) is 1. The zero-order valence-electron chi connectivity index (χ0n) is 8.78. The quantitative estimate of drug-likeness (QED) is 0.815. The van der Waals surface area contributed by atoms with Gasteiger partial charge < -0.3 is 15.2 Å². The van der Waals surface area contributed by atoms with Crippen molar-refractivity contribution in [2.75, 3.05) is 13.2 Å². The van der Waals surface area contributed by atoms with Crippen LogP contribution >= 0.6 is 15.9 Å². The van der Waals surface area contributed by atoms with Crippen molar-refractivity contribution in [3.05, 3.63) is 34.3 Å². The van der Waals surface area contributed by atoms with E-state index in [1.807, 2.05) is 24.3 Å². The van der Waals surface area contributed by atoms with Gasteiger partial charge in [-0.05, 0) is 12.5 Å². The number of carbonyl (C=O) groups excluding carboxylic acids is 1. The van der Waals surface area contributed by atoms with Crippen LogP contribution in [0.3, 0.4) is 0 Å². The lowest BCUT2D eigenvalue weighted by atomic mass is 10.2. The van der Waals surface area contributed by atoms with Gasteiger partial charge in [0.05, 0.1) is 0 Å². The van der Waals surface area contributed by atoms with Gasteiger partial charge in [0.1, 0.15) is 6.61 Å². The molecule has 16 heavy (non-hydrogen) atoms. The van der Waals surface area contributed by atoms with Gasteiger partial charge in [-0.2, -0.15) is 0 Å². The Labute approximate surface area is 103 Å². The number of carbonyl (C=O) groups is 1. The summed E-state index contributed by atoms with van der Waals surface area (Å²) in [5, 5.41) is 11.1. The highest BCUT2D eigenvalue weighted by Crippen LogP contribution is 2.16. The van der Waals surface area contributed by atoms with Crippen LogP contribution in [0.1, 0.15) is 12.0 Å². The van der Waals surface area contributed by atoms with Crippen molar-refractivity contribution in [2.24, 2.45) is 0 Å². The van der Waals surface area contributed by atoms with Gasteiger partial charge >= 0.3 is 6.09 Å². The minimum Gasteiger partial charge on any atom is -0.445 e. The maximum absolute atomic E-state index is 11.2. The number of hydrogen-bond acceptors (Lipinski definition) is 3. The Balaban J connectivity index is 2.29. The Kier molecular flexibility index (Phi) is 5.88. The second-order valence-electron chi connectivity index (χ2n) is 3.17. The second-order valence-corrected chi connectivity index (χ2v) is 4.03. The van der Waals surface area contributed by atoms with E-state index in [9.17, 15) is 4.79 Å². The van der Waals surface area contributed by atoms with Gasteiger partial charge in [-0.1, -0.05) is 34.1 Å². The predicted octanol–water partition coefficient (Wildman–Crippen LogP) is 2.06. The number of ether oxygens (including phenoxy) is 1. The monoisotopic (exact) mass is 287 g/mol. The maximum atomic E-state index is 11.2. The van der Waals surface area contributed by atoms with E-state index in [1.54, 1.807) is 0 Å². The summed E-state index contributed by atoms with van der Waals surface area (Å²) in [5.74, 6) is 0. The molecule has 0 saturated heterocycles. The molecular weight excluding hydrogens is 274 g/mol. The molecule has 2 N–H and O–H groups in total. The van der Waals surface area contributed by atoms with Crippen LogP contribution in [0.2, 0.25) is 0 Å². The Morgan fingerprint density at radius 3 is 2.88 bits per heavy atom. The molecule has 0 saturated carbocycles. The van der Waals surface area contributed by atoms with Crippen molar-refractivity contribution >= 4 is 22.0 Å². The number of amides is 1. The first-order chi connectivity index (χ1) is 7.74. The molecule has 1 rings (SSSR count). The van der Waals surface area contributed by atoms with Gasteiger partial charge in [-0.3, -0.25) is 0 Å². The molecular formula is C11H14BrNO3. The van der Waals surface area contributed by atoms with Crippen molar-refractivity contribution in [1.82, 2.24) is 5.32 Å². The summed E-state index contributed by atoms with van der Waals surface area (Å²) in [4.78, 5) is 11.2.